The molecular weight excluding hydrogens is 965 g/mol. The molecule has 0 rings (SSSR count). The van der Waals surface area contributed by atoms with Crippen molar-refractivity contribution in [3.05, 3.63) is 0 Å². The quantitative estimate of drug-likeness (QED) is 0.205. The van der Waals surface area contributed by atoms with E-state index in [0.29, 0.717) is 0 Å². The summed E-state index contributed by atoms with van der Waals surface area (Å²) in [6.45, 7) is 0. The number of hydrogen-bond acceptors (Lipinski definition) is 12. The van der Waals surface area contributed by atoms with E-state index in [0.717, 1.165) is 0 Å². The molecule has 0 aliphatic carbocycles. The Morgan fingerprint density at radius 3 is 0.263 bits per heavy atom. The molecule has 0 bridgehead atoms. The van der Waals surface area contributed by atoms with E-state index in [1.165, 1.54) is 0 Å². The van der Waals surface area contributed by atoms with Crippen LogP contribution in [-0.4, -0.2) is 0 Å². The van der Waals surface area contributed by atoms with Crippen LogP contribution in [0, 0.1) is 160 Å². The molecule has 0 heterocycles. The van der Waals surface area contributed by atoms with Crippen LogP contribution in [0.15, 0.2) is 0 Å². The molecule has 12 nitrogen and oxygen atoms in total. The van der Waals surface area contributed by atoms with Crippen LogP contribution in [0.3, 0.4) is 0 Å². The third-order valence-corrected chi connectivity index (χ3v) is 0. The van der Waals surface area contributed by atoms with E-state index >= 15 is 0 Å². The number of hydrogen-bond donors (Lipinski definition) is 0. The zero-order valence-corrected chi connectivity index (χ0v) is 21.6. The van der Waals surface area contributed by atoms with Crippen LogP contribution in [0.4, 0.5) is 0 Å². The zero-order valence-electron chi connectivity index (χ0n) is 7.81. The zero-order chi connectivity index (χ0) is 13.5. The van der Waals surface area contributed by atoms with E-state index in [4.69, 9.17) is 44.3 Å². The molecule has 0 spiro atoms. The van der Waals surface area contributed by atoms with Gasteiger partial charge in [0.2, 0.25) is 0 Å². The summed E-state index contributed by atoms with van der Waals surface area (Å²) in [6, 6.07) is 0. The summed E-state index contributed by atoms with van der Waals surface area (Å²) in [5, 5.41) is 0. The molecule has 0 aromatic heterocycles. The second-order valence-corrected chi connectivity index (χ2v) is 6.18. The van der Waals surface area contributed by atoms with Crippen molar-refractivity contribution in [2.75, 3.05) is 0 Å². The molecule has 0 amide bonds. The van der Waals surface area contributed by atoms with E-state index in [2.05, 4.69) is 0 Å². The van der Waals surface area contributed by atoms with Crippen molar-refractivity contribution < 1.29 is 258 Å². The van der Waals surface area contributed by atoms with Crippen LogP contribution in [0.2, 0.25) is 0 Å². The minimum atomic E-state index is -6.00. The summed E-state index contributed by atoms with van der Waals surface area (Å²) in [5.74, 6) is 0. The predicted octanol–water partition coefficient (Wildman–Crippen LogP) is -14.3. The Morgan fingerprint density at radius 2 is 0.263 bits per heavy atom. The molecule has 0 aromatic rings. The van der Waals surface area contributed by atoms with Gasteiger partial charge < -0.3 is 0 Å². The predicted molar refractivity (Wildman–Crippen MR) is 0 cm³/mol. The van der Waals surface area contributed by atoms with Crippen molar-refractivity contribution in [2.24, 2.45) is 0 Å². The Bertz CT molecular complexity index is 100.0. The van der Waals surface area contributed by atoms with Gasteiger partial charge in [-0.25, -0.2) is 0 Å². The monoisotopic (exact) mass is 967 g/mol. The van der Waals surface area contributed by atoms with Gasteiger partial charge >= 0.3 is 258 Å². The Kier molecular flexibility index (Phi) is 54.5. The van der Waals surface area contributed by atoms with Crippen LogP contribution in [0.5, 0.6) is 0 Å². The first-order valence-corrected chi connectivity index (χ1v) is 10.1. The summed E-state index contributed by atoms with van der Waals surface area (Å²) in [5.41, 5.74) is 0. The fraction of sp³-hybridized carbons (Fsp3) is 0. The Hall–Kier alpha value is 6.96. The third-order valence-electron chi connectivity index (χ3n) is 0. The topological polar surface area (TPSA) is 277 Å². The molecule has 0 saturated carbocycles. The van der Waals surface area contributed by atoms with Gasteiger partial charge in [0, 0.05) is 0 Å². The average molecular weight is 965 g/mol. The molecule has 0 aliphatic rings. The Labute approximate surface area is 251 Å². The van der Waals surface area contributed by atoms with Crippen molar-refractivity contribution in [1.29, 1.82) is 0 Å². The first-order chi connectivity index (χ1) is 6.00. The maximum absolute atomic E-state index is 8.62. The second kappa shape index (κ2) is 23.0. The van der Waals surface area contributed by atoms with Gasteiger partial charge in [0.1, 0.15) is 0 Å². The first-order valence-electron chi connectivity index (χ1n) is 2.45. The van der Waals surface area contributed by atoms with Crippen LogP contribution in [0.1, 0.15) is 0 Å². The summed E-state index contributed by atoms with van der Waals surface area (Å²) in [4.78, 5) is 0. The van der Waals surface area contributed by atoms with Crippen LogP contribution in [0.25, 0.3) is 0 Å². The summed E-state index contributed by atoms with van der Waals surface area (Å²) >= 11 is -18.0. The molecule has 0 atom stereocenters. The molecular formula is Gd4O12Ti3. The molecule has 0 unspecified atom stereocenters. The van der Waals surface area contributed by atoms with Crippen molar-refractivity contribution >= 4 is 0 Å². The molecule has 0 aromatic carbocycles. The van der Waals surface area contributed by atoms with Gasteiger partial charge in [-0.3, -0.25) is 0 Å². The Balaban J connectivity index is -0.0000000206. The van der Waals surface area contributed by atoms with E-state index in [-0.39, 0.29) is 160 Å². The SMILES string of the molecule is [Gd+3].[Gd+3].[Gd+3].[Gd+3].[O-][Ti]([O-])([O-])[O-].[O-][Ti]([O-])([O-])[O-].[O-][Ti]([O-])([O-])[O-]. The van der Waals surface area contributed by atoms with Crippen molar-refractivity contribution in [3.63, 3.8) is 0 Å². The van der Waals surface area contributed by atoms with Gasteiger partial charge in [-0.15, -0.1) is 0 Å². The van der Waals surface area contributed by atoms with E-state index in [1.807, 2.05) is 0 Å². The standard InChI is InChI=1S/4Gd.12O.3Ti/q4*+3;12*-1;;;. The van der Waals surface area contributed by atoms with Gasteiger partial charge in [0.25, 0.3) is 0 Å². The molecule has 4 radical (unpaired) electrons. The van der Waals surface area contributed by atoms with Crippen molar-refractivity contribution in [2.45, 2.75) is 0 Å². The summed E-state index contributed by atoms with van der Waals surface area (Å²) in [6.07, 6.45) is 0. The molecule has 116 valence electrons. The molecule has 0 fully saturated rings. The van der Waals surface area contributed by atoms with Gasteiger partial charge in [-0.05, 0) is 0 Å². The van der Waals surface area contributed by atoms with Crippen molar-refractivity contribution in [3.8, 4) is 0 Å². The number of rotatable bonds is 0. The van der Waals surface area contributed by atoms with Crippen LogP contribution in [-0.2, 0) is 54.4 Å². The van der Waals surface area contributed by atoms with E-state index in [9.17, 15) is 0 Å². The van der Waals surface area contributed by atoms with E-state index < -0.39 is 54.4 Å². The normalized spacial score (nSPS) is 9.47. The van der Waals surface area contributed by atoms with Gasteiger partial charge in [-0.2, -0.15) is 0 Å². The third kappa shape index (κ3) is 272. The average Bonchev–Trinajstić information content (AvgIpc) is 1.41. The van der Waals surface area contributed by atoms with Crippen LogP contribution < -0.4 is 44.3 Å². The Morgan fingerprint density at radius 1 is 0.263 bits per heavy atom. The maximum atomic E-state index is 8.62. The summed E-state index contributed by atoms with van der Waals surface area (Å²) in [7, 11) is 0. The van der Waals surface area contributed by atoms with Gasteiger partial charge in [0.15, 0.2) is 0 Å². The van der Waals surface area contributed by atoms with Gasteiger partial charge in [0.05, 0.1) is 0 Å². The fourth-order valence-corrected chi connectivity index (χ4v) is 0. The first kappa shape index (κ1) is 45.0. The second-order valence-electron chi connectivity index (χ2n) is 1.50. The fourth-order valence-electron chi connectivity index (χ4n) is 0. The molecule has 0 N–H and O–H groups in total. The van der Waals surface area contributed by atoms with Crippen LogP contribution >= 0.6 is 0 Å². The molecule has 19 heteroatoms. The molecule has 0 saturated heterocycles. The summed E-state index contributed by atoms with van der Waals surface area (Å²) < 4.78 is 104. The van der Waals surface area contributed by atoms with Gasteiger partial charge in [-0.1, -0.05) is 0 Å². The minimum absolute atomic E-state index is 0. The van der Waals surface area contributed by atoms with E-state index in [1.54, 1.807) is 0 Å². The molecule has 0 aliphatic heterocycles. The molecule has 19 heavy (non-hydrogen) atoms. The van der Waals surface area contributed by atoms with Crippen molar-refractivity contribution in [1.82, 2.24) is 0 Å².